The summed E-state index contributed by atoms with van der Waals surface area (Å²) >= 11 is 0. The molecule has 0 aromatic carbocycles. The highest BCUT2D eigenvalue weighted by atomic mass is 16.5. The van der Waals surface area contributed by atoms with Gasteiger partial charge < -0.3 is 15.0 Å². The lowest BCUT2D eigenvalue weighted by Crippen LogP contribution is -2.39. The molecule has 17 heavy (non-hydrogen) atoms. The van der Waals surface area contributed by atoms with Crippen LogP contribution in [0.2, 0.25) is 0 Å². The Morgan fingerprint density at radius 1 is 1.35 bits per heavy atom. The van der Waals surface area contributed by atoms with Crippen LogP contribution in [0.3, 0.4) is 0 Å². The van der Waals surface area contributed by atoms with E-state index in [-0.39, 0.29) is 5.54 Å². The zero-order valence-electron chi connectivity index (χ0n) is 10.4. The van der Waals surface area contributed by atoms with Crippen LogP contribution in [0, 0.1) is 0 Å². The molecule has 0 atom stereocenters. The summed E-state index contributed by atoms with van der Waals surface area (Å²) in [7, 11) is 0. The SMILES string of the molecule is CCOCCc1nc(C2(N)CCCCC2)no1. The Kier molecular flexibility index (Phi) is 4.12. The highest BCUT2D eigenvalue weighted by molar-refractivity contribution is 5.05. The summed E-state index contributed by atoms with van der Waals surface area (Å²) in [6, 6.07) is 0. The molecule has 96 valence electrons. The van der Waals surface area contributed by atoms with Gasteiger partial charge in [-0.15, -0.1) is 0 Å². The highest BCUT2D eigenvalue weighted by Gasteiger charge is 2.34. The Morgan fingerprint density at radius 3 is 2.82 bits per heavy atom. The summed E-state index contributed by atoms with van der Waals surface area (Å²) in [5, 5.41) is 4.02. The fraction of sp³-hybridized carbons (Fsp3) is 0.833. The molecule has 1 fully saturated rings. The minimum Gasteiger partial charge on any atom is -0.381 e. The summed E-state index contributed by atoms with van der Waals surface area (Å²) in [6.07, 6.45) is 6.14. The Morgan fingerprint density at radius 2 is 2.12 bits per heavy atom. The first kappa shape index (κ1) is 12.5. The summed E-state index contributed by atoms with van der Waals surface area (Å²) in [5.74, 6) is 1.30. The topological polar surface area (TPSA) is 74.2 Å². The first-order valence-corrected chi connectivity index (χ1v) is 6.44. The van der Waals surface area contributed by atoms with Crippen molar-refractivity contribution in [2.45, 2.75) is 51.0 Å². The number of hydrogen-bond donors (Lipinski definition) is 1. The minimum atomic E-state index is -0.369. The van der Waals surface area contributed by atoms with Crippen molar-refractivity contribution in [3.05, 3.63) is 11.7 Å². The fourth-order valence-corrected chi connectivity index (χ4v) is 2.27. The van der Waals surface area contributed by atoms with Crippen LogP contribution in [-0.4, -0.2) is 23.4 Å². The summed E-state index contributed by atoms with van der Waals surface area (Å²) in [5.41, 5.74) is 5.96. The predicted octanol–water partition coefficient (Wildman–Crippen LogP) is 1.77. The molecule has 0 amide bonds. The molecule has 5 nitrogen and oxygen atoms in total. The standard InChI is InChI=1S/C12H21N3O2/c1-2-16-9-6-10-14-11(15-17-10)12(13)7-4-3-5-8-12/h2-9,13H2,1H3. The molecule has 2 rings (SSSR count). The van der Waals surface area contributed by atoms with E-state index in [1.807, 2.05) is 6.92 Å². The van der Waals surface area contributed by atoms with Gasteiger partial charge in [0.1, 0.15) is 0 Å². The third kappa shape index (κ3) is 3.04. The van der Waals surface area contributed by atoms with E-state index in [4.69, 9.17) is 15.0 Å². The minimum absolute atomic E-state index is 0.369. The van der Waals surface area contributed by atoms with E-state index in [1.165, 1.54) is 6.42 Å². The molecule has 0 bridgehead atoms. The first-order chi connectivity index (χ1) is 8.24. The van der Waals surface area contributed by atoms with Crippen LogP contribution in [0.25, 0.3) is 0 Å². The Balaban J connectivity index is 1.96. The monoisotopic (exact) mass is 239 g/mol. The molecule has 0 saturated heterocycles. The maximum Gasteiger partial charge on any atom is 0.229 e. The third-order valence-electron chi connectivity index (χ3n) is 3.32. The molecular weight excluding hydrogens is 218 g/mol. The van der Waals surface area contributed by atoms with Crippen LogP contribution in [0.5, 0.6) is 0 Å². The van der Waals surface area contributed by atoms with Crippen LogP contribution >= 0.6 is 0 Å². The average Bonchev–Trinajstić information content (AvgIpc) is 2.80. The lowest BCUT2D eigenvalue weighted by atomic mass is 9.82. The number of ether oxygens (including phenoxy) is 1. The van der Waals surface area contributed by atoms with E-state index < -0.39 is 0 Å². The predicted molar refractivity (Wildman–Crippen MR) is 63.4 cm³/mol. The van der Waals surface area contributed by atoms with Gasteiger partial charge in [-0.3, -0.25) is 0 Å². The third-order valence-corrected chi connectivity index (χ3v) is 3.32. The second-order valence-electron chi connectivity index (χ2n) is 4.68. The second kappa shape index (κ2) is 5.60. The van der Waals surface area contributed by atoms with Gasteiger partial charge in [0.25, 0.3) is 0 Å². The molecule has 0 unspecified atom stereocenters. The van der Waals surface area contributed by atoms with E-state index in [2.05, 4.69) is 10.1 Å². The maximum absolute atomic E-state index is 6.33. The molecule has 1 aromatic heterocycles. The quantitative estimate of drug-likeness (QED) is 0.792. The van der Waals surface area contributed by atoms with Gasteiger partial charge >= 0.3 is 0 Å². The first-order valence-electron chi connectivity index (χ1n) is 6.44. The Bertz CT molecular complexity index is 345. The molecule has 5 heteroatoms. The van der Waals surface area contributed by atoms with Gasteiger partial charge in [0, 0.05) is 6.61 Å². The lowest BCUT2D eigenvalue weighted by Gasteiger charge is -2.29. The highest BCUT2D eigenvalue weighted by Crippen LogP contribution is 2.32. The van der Waals surface area contributed by atoms with Crippen molar-refractivity contribution in [3.8, 4) is 0 Å². The number of nitrogens with zero attached hydrogens (tertiary/aromatic N) is 2. The summed E-state index contributed by atoms with van der Waals surface area (Å²) < 4.78 is 10.5. The number of aromatic nitrogens is 2. The number of nitrogens with two attached hydrogens (primary N) is 1. The smallest absolute Gasteiger partial charge is 0.229 e. The average molecular weight is 239 g/mol. The van der Waals surface area contributed by atoms with Crippen LogP contribution in [0.1, 0.15) is 50.7 Å². The van der Waals surface area contributed by atoms with Crippen LogP contribution in [-0.2, 0) is 16.7 Å². The molecule has 2 N–H and O–H groups in total. The van der Waals surface area contributed by atoms with Crippen molar-refractivity contribution >= 4 is 0 Å². The second-order valence-corrected chi connectivity index (χ2v) is 4.68. The van der Waals surface area contributed by atoms with Crippen LogP contribution < -0.4 is 5.73 Å². The van der Waals surface area contributed by atoms with E-state index in [9.17, 15) is 0 Å². The number of hydrogen-bond acceptors (Lipinski definition) is 5. The molecular formula is C12H21N3O2. The van der Waals surface area contributed by atoms with Crippen LogP contribution in [0.4, 0.5) is 0 Å². The van der Waals surface area contributed by atoms with Crippen molar-refractivity contribution in [1.82, 2.24) is 10.1 Å². The fourth-order valence-electron chi connectivity index (χ4n) is 2.27. The van der Waals surface area contributed by atoms with Crippen molar-refractivity contribution in [1.29, 1.82) is 0 Å². The van der Waals surface area contributed by atoms with Gasteiger partial charge in [-0.05, 0) is 19.8 Å². The Labute approximate surface area is 102 Å². The molecule has 1 aromatic rings. The van der Waals surface area contributed by atoms with E-state index in [1.54, 1.807) is 0 Å². The van der Waals surface area contributed by atoms with Gasteiger partial charge in [-0.1, -0.05) is 24.4 Å². The van der Waals surface area contributed by atoms with Gasteiger partial charge in [0.2, 0.25) is 5.89 Å². The largest absolute Gasteiger partial charge is 0.381 e. The van der Waals surface area contributed by atoms with Crippen LogP contribution in [0.15, 0.2) is 4.52 Å². The van der Waals surface area contributed by atoms with E-state index in [0.717, 1.165) is 25.7 Å². The van der Waals surface area contributed by atoms with Crippen molar-refractivity contribution in [2.24, 2.45) is 5.73 Å². The summed E-state index contributed by atoms with van der Waals surface area (Å²) in [6.45, 7) is 3.30. The normalized spacial score (nSPS) is 19.4. The summed E-state index contributed by atoms with van der Waals surface area (Å²) in [4.78, 5) is 4.39. The van der Waals surface area contributed by atoms with Gasteiger partial charge in [0.15, 0.2) is 5.82 Å². The van der Waals surface area contributed by atoms with Crippen molar-refractivity contribution in [3.63, 3.8) is 0 Å². The van der Waals surface area contributed by atoms with E-state index >= 15 is 0 Å². The molecule has 0 aliphatic heterocycles. The molecule has 0 spiro atoms. The number of rotatable bonds is 5. The van der Waals surface area contributed by atoms with Gasteiger partial charge in [-0.2, -0.15) is 4.98 Å². The molecule has 1 heterocycles. The molecule has 0 radical (unpaired) electrons. The molecule has 1 aliphatic carbocycles. The lowest BCUT2D eigenvalue weighted by molar-refractivity contribution is 0.144. The zero-order valence-corrected chi connectivity index (χ0v) is 10.4. The zero-order chi connectivity index (χ0) is 12.1. The molecule has 1 saturated carbocycles. The van der Waals surface area contributed by atoms with Gasteiger partial charge in [-0.25, -0.2) is 0 Å². The molecule has 1 aliphatic rings. The van der Waals surface area contributed by atoms with Crippen molar-refractivity contribution < 1.29 is 9.26 Å². The van der Waals surface area contributed by atoms with Gasteiger partial charge in [0.05, 0.1) is 18.6 Å². The van der Waals surface area contributed by atoms with E-state index in [0.29, 0.717) is 31.3 Å². The van der Waals surface area contributed by atoms with Crippen molar-refractivity contribution in [2.75, 3.05) is 13.2 Å². The maximum atomic E-state index is 6.33. The Hall–Kier alpha value is -0.940.